The van der Waals surface area contributed by atoms with E-state index in [2.05, 4.69) is 15.0 Å². The Morgan fingerprint density at radius 3 is 2.62 bits per heavy atom. The highest BCUT2D eigenvalue weighted by Gasteiger charge is 2.16. The van der Waals surface area contributed by atoms with Crippen LogP contribution in [-0.2, 0) is 13.3 Å². The number of pyridine rings is 1. The molecule has 0 aliphatic heterocycles. The lowest BCUT2D eigenvalue weighted by Gasteiger charge is -2.07. The van der Waals surface area contributed by atoms with Crippen molar-refractivity contribution in [2.75, 3.05) is 0 Å². The molecular formula is C17H11ClF3N5. The van der Waals surface area contributed by atoms with E-state index in [1.165, 1.54) is 27.7 Å². The van der Waals surface area contributed by atoms with Gasteiger partial charge >= 0.3 is 0 Å². The van der Waals surface area contributed by atoms with Crippen molar-refractivity contribution in [3.05, 3.63) is 65.5 Å². The maximum atomic E-state index is 13.7. The molecule has 0 radical (unpaired) electrons. The van der Waals surface area contributed by atoms with E-state index in [9.17, 15) is 13.2 Å². The van der Waals surface area contributed by atoms with E-state index >= 15 is 0 Å². The average Bonchev–Trinajstić information content (AvgIpc) is 3.19. The number of imidazole rings is 2. The Labute approximate surface area is 150 Å². The molecule has 0 N–H and O–H groups in total. The fraction of sp³-hybridized carbons (Fsp3) is 0.118. The summed E-state index contributed by atoms with van der Waals surface area (Å²) in [4.78, 5) is 12.1. The standard InChI is InChI=1S/C17H11ClF3N5/c18-12-2-15-14(3-13(12)20)24-17(26(15)8-19)11-1-10(4-22-5-11)7-25-9-23-6-16(25)21/h1-6,9H,7-8H2. The monoisotopic (exact) mass is 377 g/mol. The summed E-state index contributed by atoms with van der Waals surface area (Å²) in [6.45, 7) is -0.656. The van der Waals surface area contributed by atoms with Crippen molar-refractivity contribution in [2.45, 2.75) is 13.3 Å². The molecule has 4 aromatic rings. The Morgan fingerprint density at radius 2 is 1.88 bits per heavy atom. The van der Waals surface area contributed by atoms with E-state index in [0.29, 0.717) is 16.6 Å². The molecule has 9 heteroatoms. The van der Waals surface area contributed by atoms with Crippen molar-refractivity contribution in [1.29, 1.82) is 0 Å². The normalized spacial score (nSPS) is 11.4. The zero-order valence-electron chi connectivity index (χ0n) is 13.2. The number of alkyl halides is 1. The summed E-state index contributed by atoms with van der Waals surface area (Å²) in [5.74, 6) is -0.821. The Kier molecular flexibility index (Phi) is 4.12. The summed E-state index contributed by atoms with van der Waals surface area (Å²) in [6, 6.07) is 4.21. The second kappa shape index (κ2) is 6.45. The molecular weight excluding hydrogens is 367 g/mol. The number of hydrogen-bond acceptors (Lipinski definition) is 3. The molecule has 0 unspecified atom stereocenters. The van der Waals surface area contributed by atoms with Crippen molar-refractivity contribution in [1.82, 2.24) is 24.1 Å². The molecule has 0 saturated carbocycles. The van der Waals surface area contributed by atoms with E-state index in [1.54, 1.807) is 12.3 Å². The van der Waals surface area contributed by atoms with Gasteiger partial charge in [0.1, 0.15) is 11.6 Å². The maximum Gasteiger partial charge on any atom is 0.213 e. The third kappa shape index (κ3) is 2.82. The third-order valence-corrected chi connectivity index (χ3v) is 4.27. The number of halogens is 4. The molecule has 0 atom stereocenters. The Hall–Kier alpha value is -2.87. The van der Waals surface area contributed by atoms with Crippen molar-refractivity contribution in [3.8, 4) is 11.4 Å². The van der Waals surface area contributed by atoms with Crippen LogP contribution in [0.25, 0.3) is 22.4 Å². The first-order chi connectivity index (χ1) is 12.6. The predicted octanol–water partition coefficient (Wildman–Crippen LogP) is 4.20. The van der Waals surface area contributed by atoms with Crippen LogP contribution < -0.4 is 0 Å². The second-order valence-corrected chi connectivity index (χ2v) is 6.07. The fourth-order valence-corrected chi connectivity index (χ4v) is 2.93. The summed E-state index contributed by atoms with van der Waals surface area (Å²) < 4.78 is 43.5. The topological polar surface area (TPSA) is 48.5 Å². The van der Waals surface area contributed by atoms with Crippen LogP contribution in [0.1, 0.15) is 5.56 Å². The molecule has 0 aliphatic carbocycles. The molecule has 132 valence electrons. The molecule has 26 heavy (non-hydrogen) atoms. The molecule has 0 saturated heterocycles. The van der Waals surface area contributed by atoms with Crippen LogP contribution in [0.15, 0.2) is 43.1 Å². The van der Waals surface area contributed by atoms with Crippen molar-refractivity contribution >= 4 is 22.6 Å². The molecule has 0 spiro atoms. The van der Waals surface area contributed by atoms with Crippen LogP contribution in [0.2, 0.25) is 5.02 Å². The largest absolute Gasteiger partial charge is 0.303 e. The number of rotatable bonds is 4. The predicted molar refractivity (Wildman–Crippen MR) is 90.3 cm³/mol. The minimum atomic E-state index is -0.867. The highest BCUT2D eigenvalue weighted by Crippen LogP contribution is 2.29. The van der Waals surface area contributed by atoms with Gasteiger partial charge in [0.15, 0.2) is 6.80 Å². The van der Waals surface area contributed by atoms with Gasteiger partial charge < -0.3 is 4.57 Å². The SMILES string of the molecule is FCn1c(-c2cncc(Cn3cncc3F)c2)nc2cc(F)c(Cl)cc21. The number of benzene rings is 1. The van der Waals surface area contributed by atoms with Crippen LogP contribution in [0, 0.1) is 11.8 Å². The Morgan fingerprint density at radius 1 is 1.04 bits per heavy atom. The zero-order valence-corrected chi connectivity index (χ0v) is 14.0. The summed E-state index contributed by atoms with van der Waals surface area (Å²) >= 11 is 5.80. The molecule has 0 aliphatic rings. The van der Waals surface area contributed by atoms with Gasteiger partial charge in [-0.1, -0.05) is 11.6 Å². The highest BCUT2D eigenvalue weighted by molar-refractivity contribution is 6.31. The van der Waals surface area contributed by atoms with Gasteiger partial charge in [0.2, 0.25) is 5.95 Å². The van der Waals surface area contributed by atoms with Crippen molar-refractivity contribution in [3.63, 3.8) is 0 Å². The lowest BCUT2D eigenvalue weighted by atomic mass is 10.2. The maximum absolute atomic E-state index is 13.7. The van der Waals surface area contributed by atoms with Crippen molar-refractivity contribution in [2.24, 2.45) is 0 Å². The minimum Gasteiger partial charge on any atom is -0.303 e. The molecule has 3 aromatic heterocycles. The molecule has 3 heterocycles. The van der Waals surface area contributed by atoms with E-state index in [-0.39, 0.29) is 22.9 Å². The van der Waals surface area contributed by atoms with Gasteiger partial charge in [-0.2, -0.15) is 4.39 Å². The Bertz CT molecular complexity index is 1110. The highest BCUT2D eigenvalue weighted by atomic mass is 35.5. The number of fused-ring (bicyclic) bond motifs is 1. The first-order valence-electron chi connectivity index (χ1n) is 7.58. The lowest BCUT2D eigenvalue weighted by molar-refractivity contribution is 0.387. The van der Waals surface area contributed by atoms with Crippen LogP contribution in [-0.4, -0.2) is 24.1 Å². The fourth-order valence-electron chi connectivity index (χ4n) is 2.78. The lowest BCUT2D eigenvalue weighted by Crippen LogP contribution is -2.02. The van der Waals surface area contributed by atoms with Gasteiger partial charge in [-0.15, -0.1) is 0 Å². The van der Waals surface area contributed by atoms with Gasteiger partial charge in [0.25, 0.3) is 0 Å². The summed E-state index contributed by atoms with van der Waals surface area (Å²) in [6.07, 6.45) is 5.56. The van der Waals surface area contributed by atoms with Crippen LogP contribution in [0.4, 0.5) is 13.2 Å². The molecule has 4 rings (SSSR count). The molecule has 0 amide bonds. The van der Waals surface area contributed by atoms with E-state index < -0.39 is 18.6 Å². The van der Waals surface area contributed by atoms with Gasteiger partial charge in [-0.3, -0.25) is 9.55 Å². The van der Waals surface area contributed by atoms with Crippen LogP contribution in [0.5, 0.6) is 0 Å². The molecule has 0 fully saturated rings. The minimum absolute atomic E-state index is 0.110. The van der Waals surface area contributed by atoms with Gasteiger partial charge in [0.05, 0.1) is 35.1 Å². The van der Waals surface area contributed by atoms with E-state index in [0.717, 1.165) is 12.3 Å². The van der Waals surface area contributed by atoms with Gasteiger partial charge in [-0.25, -0.2) is 18.7 Å². The van der Waals surface area contributed by atoms with Crippen LogP contribution >= 0.6 is 11.6 Å². The molecule has 5 nitrogen and oxygen atoms in total. The van der Waals surface area contributed by atoms with Crippen molar-refractivity contribution < 1.29 is 13.2 Å². The molecule has 1 aromatic carbocycles. The van der Waals surface area contributed by atoms with E-state index in [4.69, 9.17) is 11.6 Å². The summed E-state index contributed by atoms with van der Waals surface area (Å²) in [5.41, 5.74) is 1.86. The Balaban J connectivity index is 1.80. The number of nitrogens with zero attached hydrogens (tertiary/aromatic N) is 5. The zero-order chi connectivity index (χ0) is 18.3. The summed E-state index contributed by atoms with van der Waals surface area (Å²) in [5, 5.41) is -0.110. The number of hydrogen-bond donors (Lipinski definition) is 0. The summed E-state index contributed by atoms with van der Waals surface area (Å²) in [7, 11) is 0. The number of aromatic nitrogens is 5. The quantitative estimate of drug-likeness (QED) is 0.535. The first-order valence-corrected chi connectivity index (χ1v) is 7.96. The molecule has 0 bridgehead atoms. The van der Waals surface area contributed by atoms with Gasteiger partial charge in [-0.05, 0) is 17.7 Å². The average molecular weight is 378 g/mol. The first kappa shape index (κ1) is 16.6. The van der Waals surface area contributed by atoms with Gasteiger partial charge in [0, 0.05) is 24.0 Å². The third-order valence-electron chi connectivity index (χ3n) is 3.98. The smallest absolute Gasteiger partial charge is 0.213 e. The van der Waals surface area contributed by atoms with E-state index in [1.807, 2.05) is 0 Å². The second-order valence-electron chi connectivity index (χ2n) is 5.66. The van der Waals surface area contributed by atoms with Crippen LogP contribution in [0.3, 0.4) is 0 Å².